The number of halogens is 2. The van der Waals surface area contributed by atoms with E-state index in [0.29, 0.717) is 56.7 Å². The van der Waals surface area contributed by atoms with Gasteiger partial charge in [0.1, 0.15) is 12.4 Å². The summed E-state index contributed by atoms with van der Waals surface area (Å²) < 4.78 is 53.8. The molecule has 0 radical (unpaired) electrons. The maximum atomic E-state index is 15.2. The van der Waals surface area contributed by atoms with Crippen molar-refractivity contribution < 1.29 is 27.7 Å². The van der Waals surface area contributed by atoms with Crippen LogP contribution in [0.15, 0.2) is 73.3 Å². The molecule has 0 aliphatic carbocycles. The molecule has 0 amide bonds. The number of benzene rings is 2. The zero-order chi connectivity index (χ0) is 29.3. The zero-order valence-electron chi connectivity index (χ0n) is 22.9. The Labute approximate surface area is 241 Å². The third-order valence-electron chi connectivity index (χ3n) is 6.16. The predicted octanol–water partition coefficient (Wildman–Crippen LogP) is 5.28. The third kappa shape index (κ3) is 6.79. The van der Waals surface area contributed by atoms with Gasteiger partial charge < -0.3 is 30.0 Å². The SMILES string of the molecule is Cc1cc(Nc2nccn3c(-c4ccc(Oc5ccccn5)c(F)c4F)cnc23)ccc1OCCOCCOCCN. The molecule has 3 N–H and O–H groups in total. The summed E-state index contributed by atoms with van der Waals surface area (Å²) in [5, 5.41) is 3.25. The molecule has 3 heterocycles. The predicted molar refractivity (Wildman–Crippen MR) is 153 cm³/mol. The van der Waals surface area contributed by atoms with E-state index in [-0.39, 0.29) is 17.2 Å². The van der Waals surface area contributed by atoms with Crippen molar-refractivity contribution in [3.05, 3.63) is 90.5 Å². The average molecular weight is 577 g/mol. The van der Waals surface area contributed by atoms with Gasteiger partial charge in [-0.3, -0.25) is 4.40 Å². The Morgan fingerprint density at radius 2 is 1.67 bits per heavy atom. The molecule has 0 aliphatic rings. The van der Waals surface area contributed by atoms with Gasteiger partial charge in [-0.2, -0.15) is 4.39 Å². The fourth-order valence-corrected chi connectivity index (χ4v) is 4.18. The van der Waals surface area contributed by atoms with Crippen LogP contribution in [0.2, 0.25) is 0 Å². The highest BCUT2D eigenvalue weighted by molar-refractivity contribution is 5.75. The quantitative estimate of drug-likeness (QED) is 0.170. The molecule has 218 valence electrons. The summed E-state index contributed by atoms with van der Waals surface area (Å²) in [4.78, 5) is 12.8. The Morgan fingerprint density at radius 1 is 0.857 bits per heavy atom. The van der Waals surface area contributed by atoms with E-state index in [4.69, 9.17) is 24.7 Å². The highest BCUT2D eigenvalue weighted by Crippen LogP contribution is 2.33. The van der Waals surface area contributed by atoms with Crippen molar-refractivity contribution >= 4 is 17.2 Å². The number of hydrogen-bond donors (Lipinski definition) is 2. The second-order valence-corrected chi connectivity index (χ2v) is 9.09. The van der Waals surface area contributed by atoms with Crippen molar-refractivity contribution in [2.75, 3.05) is 44.9 Å². The number of hydrogen-bond acceptors (Lipinski definition) is 9. The first-order chi connectivity index (χ1) is 20.5. The molecule has 42 heavy (non-hydrogen) atoms. The fraction of sp³-hybridized carbons (Fsp3) is 0.233. The monoisotopic (exact) mass is 576 g/mol. The van der Waals surface area contributed by atoms with Crippen molar-refractivity contribution in [3.63, 3.8) is 0 Å². The van der Waals surface area contributed by atoms with Gasteiger partial charge in [-0.05, 0) is 48.9 Å². The number of aryl methyl sites for hydroxylation is 1. The van der Waals surface area contributed by atoms with Gasteiger partial charge in [-0.15, -0.1) is 0 Å². The smallest absolute Gasteiger partial charge is 0.219 e. The largest absolute Gasteiger partial charge is 0.491 e. The summed E-state index contributed by atoms with van der Waals surface area (Å²) >= 11 is 0. The van der Waals surface area contributed by atoms with Crippen LogP contribution in [0.4, 0.5) is 20.3 Å². The number of pyridine rings is 1. The van der Waals surface area contributed by atoms with Crippen LogP contribution in [0.1, 0.15) is 5.56 Å². The maximum absolute atomic E-state index is 15.2. The number of nitrogens with zero attached hydrogens (tertiary/aromatic N) is 4. The molecule has 12 heteroatoms. The summed E-state index contributed by atoms with van der Waals surface area (Å²) in [5.41, 5.74) is 7.85. The van der Waals surface area contributed by atoms with Gasteiger partial charge in [0.05, 0.1) is 38.3 Å². The lowest BCUT2D eigenvalue weighted by molar-refractivity contribution is 0.0387. The molecule has 0 atom stereocenters. The Hall–Kier alpha value is -4.65. The molecule has 0 bridgehead atoms. The van der Waals surface area contributed by atoms with Gasteiger partial charge in [-0.25, -0.2) is 19.3 Å². The number of rotatable bonds is 14. The summed E-state index contributed by atoms with van der Waals surface area (Å²) in [6.45, 7) is 4.74. The number of nitrogens with one attached hydrogen (secondary N) is 1. The van der Waals surface area contributed by atoms with Crippen LogP contribution in [-0.2, 0) is 9.47 Å². The molecule has 5 aromatic rings. The van der Waals surface area contributed by atoms with E-state index >= 15 is 4.39 Å². The van der Waals surface area contributed by atoms with E-state index in [2.05, 4.69) is 20.3 Å². The molecule has 0 aliphatic heterocycles. The van der Waals surface area contributed by atoms with Crippen molar-refractivity contribution in [3.8, 4) is 28.6 Å². The maximum Gasteiger partial charge on any atom is 0.219 e. The lowest BCUT2D eigenvalue weighted by Gasteiger charge is -2.13. The summed E-state index contributed by atoms with van der Waals surface area (Å²) in [5.74, 6) is -1.13. The molecule has 3 aromatic heterocycles. The van der Waals surface area contributed by atoms with Gasteiger partial charge in [0, 0.05) is 42.5 Å². The van der Waals surface area contributed by atoms with E-state index in [1.165, 1.54) is 24.5 Å². The standard InChI is InChI=1S/C30H30F2N6O4/c1-20-18-21(5-7-24(20)41-17-16-40-15-14-39-13-9-33)37-29-30-36-19-23(38(30)12-11-35-29)22-6-8-25(28(32)27(22)31)42-26-4-2-3-10-34-26/h2-8,10-12,18-19H,9,13-17,33H2,1H3,(H,35,37). The van der Waals surface area contributed by atoms with Crippen molar-refractivity contribution in [1.29, 1.82) is 0 Å². The minimum Gasteiger partial charge on any atom is -0.491 e. The van der Waals surface area contributed by atoms with Crippen LogP contribution >= 0.6 is 0 Å². The van der Waals surface area contributed by atoms with Gasteiger partial charge in [-0.1, -0.05) is 6.07 Å². The van der Waals surface area contributed by atoms with E-state index in [1.807, 2.05) is 25.1 Å². The van der Waals surface area contributed by atoms with Crippen LogP contribution < -0.4 is 20.5 Å². The van der Waals surface area contributed by atoms with Crippen molar-refractivity contribution in [1.82, 2.24) is 19.4 Å². The second-order valence-electron chi connectivity index (χ2n) is 9.09. The number of aromatic nitrogens is 4. The molecule has 0 saturated heterocycles. The van der Waals surface area contributed by atoms with Gasteiger partial charge >= 0.3 is 0 Å². The third-order valence-corrected chi connectivity index (χ3v) is 6.16. The zero-order valence-corrected chi connectivity index (χ0v) is 22.9. The first-order valence-electron chi connectivity index (χ1n) is 13.3. The van der Waals surface area contributed by atoms with E-state index in [9.17, 15) is 4.39 Å². The molecule has 0 spiro atoms. The van der Waals surface area contributed by atoms with Crippen LogP contribution in [0, 0.1) is 18.6 Å². The Morgan fingerprint density at radius 3 is 2.45 bits per heavy atom. The molecule has 2 aromatic carbocycles. The summed E-state index contributed by atoms with van der Waals surface area (Å²) in [6.07, 6.45) is 6.15. The highest BCUT2D eigenvalue weighted by atomic mass is 19.2. The van der Waals surface area contributed by atoms with Gasteiger partial charge in [0.25, 0.3) is 0 Å². The van der Waals surface area contributed by atoms with E-state index in [1.54, 1.807) is 35.0 Å². The minimum atomic E-state index is -1.12. The van der Waals surface area contributed by atoms with Gasteiger partial charge in [0.15, 0.2) is 23.0 Å². The highest BCUT2D eigenvalue weighted by Gasteiger charge is 2.20. The average Bonchev–Trinajstić information content (AvgIpc) is 3.43. The van der Waals surface area contributed by atoms with E-state index in [0.717, 1.165) is 17.0 Å². The first-order valence-corrected chi connectivity index (χ1v) is 13.3. The Kier molecular flexibility index (Phi) is 9.49. The molecule has 0 saturated carbocycles. The van der Waals surface area contributed by atoms with Crippen LogP contribution in [0.5, 0.6) is 17.4 Å². The molecule has 0 fully saturated rings. The number of anilines is 2. The van der Waals surface area contributed by atoms with Crippen LogP contribution in [-0.4, -0.2) is 58.9 Å². The minimum absolute atomic E-state index is 0.0231. The van der Waals surface area contributed by atoms with Crippen molar-refractivity contribution in [2.24, 2.45) is 5.73 Å². The van der Waals surface area contributed by atoms with Crippen LogP contribution in [0.25, 0.3) is 16.9 Å². The van der Waals surface area contributed by atoms with Crippen molar-refractivity contribution in [2.45, 2.75) is 6.92 Å². The normalized spacial score (nSPS) is 11.1. The molecular weight excluding hydrogens is 546 g/mol. The lowest BCUT2D eigenvalue weighted by Crippen LogP contribution is -2.14. The van der Waals surface area contributed by atoms with Crippen LogP contribution in [0.3, 0.4) is 0 Å². The number of nitrogens with two attached hydrogens (primary N) is 1. The Bertz CT molecular complexity index is 1630. The summed E-state index contributed by atoms with van der Waals surface area (Å²) in [6, 6.07) is 13.4. The lowest BCUT2D eigenvalue weighted by atomic mass is 10.1. The molecule has 5 rings (SSSR count). The number of imidazole rings is 1. The number of ether oxygens (including phenoxy) is 4. The Balaban J connectivity index is 1.26. The first kappa shape index (κ1) is 28.9. The summed E-state index contributed by atoms with van der Waals surface area (Å²) in [7, 11) is 0. The fourth-order valence-electron chi connectivity index (χ4n) is 4.18. The molecular formula is C30H30F2N6O4. The molecule has 0 unspecified atom stereocenters. The second kappa shape index (κ2) is 13.8. The van der Waals surface area contributed by atoms with E-state index < -0.39 is 11.6 Å². The molecule has 10 nitrogen and oxygen atoms in total. The van der Waals surface area contributed by atoms with Gasteiger partial charge in [0.2, 0.25) is 11.7 Å². The number of fused-ring (bicyclic) bond motifs is 1. The topological polar surface area (TPSA) is 118 Å².